The molecule has 1 aromatic carbocycles. The molecule has 0 spiro atoms. The van der Waals surface area contributed by atoms with Crippen LogP contribution in [0, 0.1) is 23.6 Å². The second-order valence-electron chi connectivity index (χ2n) is 7.71. The summed E-state index contributed by atoms with van der Waals surface area (Å²) in [6.45, 7) is 5.33. The maximum atomic E-state index is 13.4. The zero-order chi connectivity index (χ0) is 16.4. The molecule has 2 amide bonds. The van der Waals surface area contributed by atoms with Crippen LogP contribution in [-0.2, 0) is 5.54 Å². The molecule has 0 heterocycles. The molecule has 0 bridgehead atoms. The number of carbonyl (C=O) groups is 1. The van der Waals surface area contributed by atoms with Crippen LogP contribution in [0.2, 0.25) is 0 Å². The number of hydrogen-bond acceptors (Lipinski definition) is 1. The highest BCUT2D eigenvalue weighted by molar-refractivity contribution is 5.75. The highest BCUT2D eigenvalue weighted by Crippen LogP contribution is 2.45. The van der Waals surface area contributed by atoms with Gasteiger partial charge in [0, 0.05) is 6.54 Å². The van der Waals surface area contributed by atoms with E-state index in [0.29, 0.717) is 5.92 Å². The minimum absolute atomic E-state index is 0.127. The monoisotopic (exact) mass is 318 g/mol. The van der Waals surface area contributed by atoms with Crippen LogP contribution in [-0.4, -0.2) is 12.6 Å². The number of nitrogens with one attached hydrogen (secondary N) is 2. The number of carbonyl (C=O) groups excluding carboxylic acids is 1. The molecular formula is C19H27FN2O. The van der Waals surface area contributed by atoms with E-state index >= 15 is 0 Å². The number of urea groups is 1. The number of benzene rings is 1. The quantitative estimate of drug-likeness (QED) is 0.859. The third-order valence-corrected chi connectivity index (χ3v) is 5.31. The molecule has 2 aliphatic carbocycles. The number of hydrogen-bond donors (Lipinski definition) is 2. The normalized spacial score (nSPS) is 28.9. The lowest BCUT2D eigenvalue weighted by Crippen LogP contribution is -2.44. The van der Waals surface area contributed by atoms with E-state index in [2.05, 4.69) is 24.5 Å². The lowest BCUT2D eigenvalue weighted by Gasteiger charge is -2.31. The van der Waals surface area contributed by atoms with Gasteiger partial charge in [0.2, 0.25) is 0 Å². The van der Waals surface area contributed by atoms with Gasteiger partial charge in [0.25, 0.3) is 0 Å². The van der Waals surface area contributed by atoms with Crippen molar-refractivity contribution in [2.75, 3.05) is 6.54 Å². The molecule has 0 radical (unpaired) electrons. The zero-order valence-corrected chi connectivity index (χ0v) is 14.1. The third kappa shape index (κ3) is 4.04. The van der Waals surface area contributed by atoms with Gasteiger partial charge in [-0.25, -0.2) is 9.18 Å². The molecule has 2 aliphatic rings. The molecule has 3 rings (SSSR count). The predicted molar refractivity (Wildman–Crippen MR) is 89.5 cm³/mol. The molecule has 2 N–H and O–H groups in total. The van der Waals surface area contributed by atoms with E-state index in [0.717, 1.165) is 36.8 Å². The molecule has 2 unspecified atom stereocenters. The van der Waals surface area contributed by atoms with E-state index in [1.807, 2.05) is 6.07 Å². The molecular weight excluding hydrogens is 291 g/mol. The van der Waals surface area contributed by atoms with E-state index < -0.39 is 0 Å². The van der Waals surface area contributed by atoms with Gasteiger partial charge in [0.15, 0.2) is 0 Å². The van der Waals surface area contributed by atoms with Crippen LogP contribution < -0.4 is 10.6 Å². The van der Waals surface area contributed by atoms with Crippen LogP contribution in [0.4, 0.5) is 9.18 Å². The van der Waals surface area contributed by atoms with Crippen molar-refractivity contribution in [2.45, 2.75) is 51.5 Å². The summed E-state index contributed by atoms with van der Waals surface area (Å²) in [5.74, 6) is 1.82. The first-order chi connectivity index (χ1) is 11.0. The van der Waals surface area contributed by atoms with E-state index in [-0.39, 0.29) is 17.4 Å². The average Bonchev–Trinajstić information content (AvgIpc) is 3.25. The van der Waals surface area contributed by atoms with Crippen LogP contribution in [0.25, 0.3) is 0 Å². The van der Waals surface area contributed by atoms with Gasteiger partial charge in [-0.3, -0.25) is 0 Å². The molecule has 126 valence electrons. The van der Waals surface area contributed by atoms with Crippen LogP contribution in [0.5, 0.6) is 0 Å². The van der Waals surface area contributed by atoms with Gasteiger partial charge in [-0.2, -0.15) is 0 Å². The van der Waals surface area contributed by atoms with Crippen LogP contribution in [0.15, 0.2) is 24.3 Å². The Morgan fingerprint density at radius 2 is 1.91 bits per heavy atom. The topological polar surface area (TPSA) is 41.1 Å². The summed E-state index contributed by atoms with van der Waals surface area (Å²) in [5.41, 5.74) is 0.506. The van der Waals surface area contributed by atoms with Gasteiger partial charge >= 0.3 is 6.03 Å². The zero-order valence-electron chi connectivity index (χ0n) is 14.1. The van der Waals surface area contributed by atoms with Gasteiger partial charge in [-0.1, -0.05) is 26.0 Å². The highest BCUT2D eigenvalue weighted by atomic mass is 19.1. The highest BCUT2D eigenvalue weighted by Gasteiger charge is 2.45. The van der Waals surface area contributed by atoms with E-state index in [1.165, 1.54) is 31.4 Å². The molecule has 0 aromatic heterocycles. The van der Waals surface area contributed by atoms with E-state index in [9.17, 15) is 9.18 Å². The fourth-order valence-corrected chi connectivity index (χ4v) is 4.18. The summed E-state index contributed by atoms with van der Waals surface area (Å²) >= 11 is 0. The minimum atomic E-state index is -0.362. The van der Waals surface area contributed by atoms with Gasteiger partial charge < -0.3 is 10.6 Å². The van der Waals surface area contributed by atoms with Gasteiger partial charge in [0.1, 0.15) is 5.82 Å². The summed E-state index contributed by atoms with van der Waals surface area (Å²) < 4.78 is 13.4. The first kappa shape index (κ1) is 16.3. The molecule has 4 heteroatoms. The lowest BCUT2D eigenvalue weighted by atomic mass is 9.77. The van der Waals surface area contributed by atoms with Gasteiger partial charge in [-0.15, -0.1) is 0 Å². The minimum Gasteiger partial charge on any atom is -0.338 e. The largest absolute Gasteiger partial charge is 0.338 e. The van der Waals surface area contributed by atoms with Crippen molar-refractivity contribution >= 4 is 6.03 Å². The molecule has 2 atom stereocenters. The Hall–Kier alpha value is -1.58. The third-order valence-electron chi connectivity index (χ3n) is 5.31. The second-order valence-corrected chi connectivity index (χ2v) is 7.71. The van der Waals surface area contributed by atoms with Crippen molar-refractivity contribution in [3.8, 4) is 0 Å². The van der Waals surface area contributed by atoms with Crippen molar-refractivity contribution in [2.24, 2.45) is 17.8 Å². The van der Waals surface area contributed by atoms with Crippen molar-refractivity contribution in [3.63, 3.8) is 0 Å². The summed E-state index contributed by atoms with van der Waals surface area (Å²) in [6.07, 6.45) is 5.44. The molecule has 3 nitrogen and oxygen atoms in total. The maximum absolute atomic E-state index is 13.4. The first-order valence-corrected chi connectivity index (χ1v) is 8.79. The SMILES string of the molecule is CC1CC(C)CC(CNC(=O)NC2(c3cccc(F)c3)CC2)C1. The molecule has 2 saturated carbocycles. The standard InChI is InChI=1S/C19H27FN2O/c1-13-8-14(2)10-15(9-13)12-21-18(23)22-19(6-7-19)16-4-3-5-17(20)11-16/h3-5,11,13-15H,6-10,12H2,1-2H3,(H2,21,22,23). The number of halogens is 1. The molecule has 0 saturated heterocycles. The average molecular weight is 318 g/mol. The number of amides is 2. The Balaban J connectivity index is 1.51. The van der Waals surface area contributed by atoms with Crippen molar-refractivity contribution < 1.29 is 9.18 Å². The van der Waals surface area contributed by atoms with Gasteiger partial charge in [0.05, 0.1) is 5.54 Å². The maximum Gasteiger partial charge on any atom is 0.315 e. The summed E-state index contributed by atoms with van der Waals surface area (Å²) in [7, 11) is 0. The fourth-order valence-electron chi connectivity index (χ4n) is 4.18. The van der Waals surface area contributed by atoms with Crippen LogP contribution in [0.3, 0.4) is 0 Å². The molecule has 23 heavy (non-hydrogen) atoms. The summed E-state index contributed by atoms with van der Waals surface area (Å²) in [6, 6.07) is 6.43. The van der Waals surface area contributed by atoms with Crippen molar-refractivity contribution in [3.05, 3.63) is 35.6 Å². The van der Waals surface area contributed by atoms with E-state index in [1.54, 1.807) is 6.07 Å². The first-order valence-electron chi connectivity index (χ1n) is 8.79. The summed E-state index contributed by atoms with van der Waals surface area (Å²) in [5, 5.41) is 6.09. The van der Waals surface area contributed by atoms with Crippen LogP contribution >= 0.6 is 0 Å². The fraction of sp³-hybridized carbons (Fsp3) is 0.632. The lowest BCUT2D eigenvalue weighted by molar-refractivity contribution is 0.205. The molecule has 0 aliphatic heterocycles. The Morgan fingerprint density at radius 3 is 2.52 bits per heavy atom. The van der Waals surface area contributed by atoms with Crippen molar-refractivity contribution in [1.82, 2.24) is 10.6 Å². The predicted octanol–water partition coefficient (Wildman–Crippen LogP) is 4.19. The Labute approximate surface area is 138 Å². The second kappa shape index (κ2) is 6.50. The van der Waals surface area contributed by atoms with E-state index in [4.69, 9.17) is 0 Å². The van der Waals surface area contributed by atoms with Crippen LogP contribution in [0.1, 0.15) is 51.5 Å². The van der Waals surface area contributed by atoms with Crippen molar-refractivity contribution in [1.29, 1.82) is 0 Å². The smallest absolute Gasteiger partial charge is 0.315 e. The summed E-state index contributed by atoms with van der Waals surface area (Å²) in [4.78, 5) is 12.2. The Morgan fingerprint density at radius 1 is 1.22 bits per heavy atom. The van der Waals surface area contributed by atoms with Gasteiger partial charge in [-0.05, 0) is 67.6 Å². The Bertz CT molecular complexity index is 560. The Kier molecular flexibility index (Phi) is 4.60. The molecule has 2 fully saturated rings. The number of rotatable bonds is 4. The molecule has 1 aromatic rings.